The molecule has 0 bridgehead atoms. The summed E-state index contributed by atoms with van der Waals surface area (Å²) in [6, 6.07) is 1.90. The number of thiophene rings is 1. The zero-order valence-electron chi connectivity index (χ0n) is 12.3. The van der Waals surface area contributed by atoms with E-state index >= 15 is 0 Å². The molecule has 1 aliphatic carbocycles. The molecule has 0 aromatic carbocycles. The van der Waals surface area contributed by atoms with Crippen molar-refractivity contribution in [3.05, 3.63) is 16.5 Å². The first-order valence-corrected chi connectivity index (χ1v) is 8.00. The molecule has 6 heteroatoms. The maximum atomic E-state index is 12.3. The minimum Gasteiger partial charge on any atom is -0.416 e. The Morgan fingerprint density at radius 1 is 1.43 bits per heavy atom. The number of esters is 1. The lowest BCUT2D eigenvalue weighted by atomic mass is 10.1. The van der Waals surface area contributed by atoms with Gasteiger partial charge in [0.15, 0.2) is 17.1 Å². The fraction of sp³-hybridized carbons (Fsp3) is 0.600. The zero-order chi connectivity index (χ0) is 15.0. The van der Waals surface area contributed by atoms with Crippen molar-refractivity contribution < 1.29 is 19.1 Å². The molecule has 21 heavy (non-hydrogen) atoms. The quantitative estimate of drug-likeness (QED) is 0.779. The molecule has 1 aromatic heterocycles. The smallest absolute Gasteiger partial charge is 0.308 e. The Bertz CT molecular complexity index is 564. The lowest BCUT2D eigenvalue weighted by molar-refractivity contribution is -0.143. The summed E-state index contributed by atoms with van der Waals surface area (Å²) in [6.07, 6.45) is 2.40. The number of hydrogen-bond donors (Lipinski definition) is 0. The molecule has 0 amide bonds. The highest BCUT2D eigenvalue weighted by Gasteiger charge is 2.38. The maximum Gasteiger partial charge on any atom is 0.308 e. The van der Waals surface area contributed by atoms with Gasteiger partial charge in [-0.1, -0.05) is 0 Å². The van der Waals surface area contributed by atoms with Crippen LogP contribution in [0.2, 0.25) is 0 Å². The molecule has 1 aliphatic heterocycles. The molecule has 114 valence electrons. The largest absolute Gasteiger partial charge is 0.416 e. The second-order valence-electron chi connectivity index (χ2n) is 5.59. The fourth-order valence-electron chi connectivity index (χ4n) is 2.73. The monoisotopic (exact) mass is 309 g/mol. The second kappa shape index (κ2) is 5.87. The Balaban J connectivity index is 1.72. The Kier molecular flexibility index (Phi) is 4.10. The fourth-order valence-corrected chi connectivity index (χ4v) is 3.79. The van der Waals surface area contributed by atoms with Gasteiger partial charge in [0.1, 0.15) is 0 Å². The van der Waals surface area contributed by atoms with Crippen molar-refractivity contribution in [1.82, 2.24) is 4.90 Å². The number of ketones is 1. The van der Waals surface area contributed by atoms with Gasteiger partial charge >= 0.3 is 5.97 Å². The van der Waals surface area contributed by atoms with Gasteiger partial charge in [0.2, 0.25) is 0 Å². The first-order valence-electron chi connectivity index (χ1n) is 7.19. The second-order valence-corrected chi connectivity index (χ2v) is 6.69. The SMILES string of the molecule is COC(C(=O)C1CC1)N1CCc2sc(OC(C)=O)cc2C1. The van der Waals surface area contributed by atoms with Crippen molar-refractivity contribution in [3.8, 4) is 5.06 Å². The number of rotatable bonds is 5. The Morgan fingerprint density at radius 3 is 2.81 bits per heavy atom. The van der Waals surface area contributed by atoms with Gasteiger partial charge in [-0.25, -0.2) is 0 Å². The van der Waals surface area contributed by atoms with Crippen LogP contribution in [-0.2, 0) is 27.3 Å². The molecule has 5 nitrogen and oxygen atoms in total. The van der Waals surface area contributed by atoms with Gasteiger partial charge in [0, 0.05) is 37.9 Å². The van der Waals surface area contributed by atoms with Gasteiger partial charge in [-0.05, 0) is 30.9 Å². The first kappa shape index (κ1) is 14.7. The van der Waals surface area contributed by atoms with E-state index in [4.69, 9.17) is 9.47 Å². The molecule has 2 heterocycles. The van der Waals surface area contributed by atoms with Crippen LogP contribution in [0.5, 0.6) is 5.06 Å². The third-order valence-corrected chi connectivity index (χ3v) is 5.01. The van der Waals surface area contributed by atoms with Crippen LogP contribution in [0.1, 0.15) is 30.2 Å². The number of Topliss-reactive ketones (excluding diaryl/α,β-unsaturated/α-hetero) is 1. The van der Waals surface area contributed by atoms with E-state index in [1.807, 2.05) is 6.07 Å². The molecule has 1 fully saturated rings. The normalized spacial score (nSPS) is 19.9. The van der Waals surface area contributed by atoms with Crippen LogP contribution in [0, 0.1) is 5.92 Å². The number of hydrogen-bond acceptors (Lipinski definition) is 6. The topological polar surface area (TPSA) is 55.8 Å². The van der Waals surface area contributed by atoms with Crippen molar-refractivity contribution in [2.75, 3.05) is 13.7 Å². The summed E-state index contributed by atoms with van der Waals surface area (Å²) in [5.74, 6) is 0.0935. The van der Waals surface area contributed by atoms with Crippen molar-refractivity contribution in [2.45, 2.75) is 39.0 Å². The minimum absolute atomic E-state index is 0.190. The van der Waals surface area contributed by atoms with Crippen LogP contribution in [0.25, 0.3) is 0 Å². The minimum atomic E-state index is -0.442. The molecule has 0 radical (unpaired) electrons. The van der Waals surface area contributed by atoms with E-state index in [-0.39, 0.29) is 17.7 Å². The lowest BCUT2D eigenvalue weighted by Gasteiger charge is -2.32. The van der Waals surface area contributed by atoms with Gasteiger partial charge in [-0.15, -0.1) is 11.3 Å². The van der Waals surface area contributed by atoms with Crippen LogP contribution in [0.4, 0.5) is 0 Å². The van der Waals surface area contributed by atoms with E-state index in [1.54, 1.807) is 7.11 Å². The summed E-state index contributed by atoms with van der Waals surface area (Å²) in [4.78, 5) is 26.6. The summed E-state index contributed by atoms with van der Waals surface area (Å²) in [5.41, 5.74) is 1.13. The molecule has 2 aliphatic rings. The summed E-state index contributed by atoms with van der Waals surface area (Å²) in [5, 5.41) is 0.636. The van der Waals surface area contributed by atoms with Crippen LogP contribution in [-0.4, -0.2) is 36.5 Å². The van der Waals surface area contributed by atoms with E-state index < -0.39 is 6.23 Å². The summed E-state index contributed by atoms with van der Waals surface area (Å²) in [7, 11) is 1.60. The van der Waals surface area contributed by atoms with E-state index in [0.717, 1.165) is 31.4 Å². The molecular formula is C15H19NO4S. The number of fused-ring (bicyclic) bond motifs is 1. The number of carbonyl (C=O) groups is 2. The van der Waals surface area contributed by atoms with E-state index in [9.17, 15) is 9.59 Å². The number of methoxy groups -OCH3 is 1. The average Bonchev–Trinajstić information content (AvgIpc) is 3.20. The molecule has 0 N–H and O–H groups in total. The number of ether oxygens (including phenoxy) is 2. The molecule has 0 spiro atoms. The highest BCUT2D eigenvalue weighted by atomic mass is 32.1. The van der Waals surface area contributed by atoms with Crippen LogP contribution < -0.4 is 4.74 Å². The number of carbonyl (C=O) groups excluding carboxylic acids is 2. The predicted molar refractivity (Wildman–Crippen MR) is 78.3 cm³/mol. The summed E-state index contributed by atoms with van der Waals surface area (Å²) in [6.45, 7) is 2.87. The number of nitrogens with zero attached hydrogens (tertiary/aromatic N) is 1. The summed E-state index contributed by atoms with van der Waals surface area (Å²) < 4.78 is 10.6. The van der Waals surface area contributed by atoms with Crippen LogP contribution in [0.15, 0.2) is 6.07 Å². The van der Waals surface area contributed by atoms with Crippen LogP contribution in [0.3, 0.4) is 0 Å². The predicted octanol–water partition coefficient (Wildman–Crippen LogP) is 1.98. The third-order valence-electron chi connectivity index (χ3n) is 3.90. The van der Waals surface area contributed by atoms with Crippen LogP contribution >= 0.6 is 11.3 Å². The molecule has 1 atom stereocenters. The molecular weight excluding hydrogens is 290 g/mol. The Labute approximate surface area is 127 Å². The average molecular weight is 309 g/mol. The van der Waals surface area contributed by atoms with Gasteiger partial charge in [-0.2, -0.15) is 0 Å². The third kappa shape index (κ3) is 3.17. The lowest BCUT2D eigenvalue weighted by Crippen LogP contribution is -2.45. The van der Waals surface area contributed by atoms with Gasteiger partial charge < -0.3 is 9.47 Å². The summed E-state index contributed by atoms with van der Waals surface area (Å²) >= 11 is 1.52. The van der Waals surface area contributed by atoms with Crippen molar-refractivity contribution >= 4 is 23.1 Å². The molecule has 0 saturated heterocycles. The maximum absolute atomic E-state index is 12.3. The van der Waals surface area contributed by atoms with Gasteiger partial charge in [0.25, 0.3) is 0 Å². The zero-order valence-corrected chi connectivity index (χ0v) is 13.1. The van der Waals surface area contributed by atoms with E-state index in [0.29, 0.717) is 11.6 Å². The molecule has 1 unspecified atom stereocenters. The standard InChI is InChI=1S/C15H19NO4S/c1-9(17)20-13-7-11-8-16(6-5-12(11)21-13)15(19-2)14(18)10-3-4-10/h7,10,15H,3-6,8H2,1-2H3. The van der Waals surface area contributed by atoms with Gasteiger partial charge in [0.05, 0.1) is 0 Å². The first-order chi connectivity index (χ1) is 10.1. The Hall–Kier alpha value is -1.24. The van der Waals surface area contributed by atoms with Crippen molar-refractivity contribution in [2.24, 2.45) is 5.92 Å². The van der Waals surface area contributed by atoms with E-state index in [1.165, 1.54) is 23.1 Å². The molecule has 1 saturated carbocycles. The highest BCUT2D eigenvalue weighted by molar-refractivity contribution is 7.14. The van der Waals surface area contributed by atoms with Gasteiger partial charge in [-0.3, -0.25) is 14.5 Å². The highest BCUT2D eigenvalue weighted by Crippen LogP contribution is 2.36. The molecule has 3 rings (SSSR count). The van der Waals surface area contributed by atoms with Crippen molar-refractivity contribution in [3.63, 3.8) is 0 Å². The van der Waals surface area contributed by atoms with Crippen molar-refractivity contribution in [1.29, 1.82) is 0 Å². The Morgan fingerprint density at radius 2 is 2.19 bits per heavy atom. The molecule has 1 aromatic rings. The van der Waals surface area contributed by atoms with E-state index in [2.05, 4.69) is 4.90 Å².